The van der Waals surface area contributed by atoms with Crippen molar-refractivity contribution in [1.29, 1.82) is 0 Å². The van der Waals surface area contributed by atoms with Gasteiger partial charge in [0.2, 0.25) is 0 Å². The van der Waals surface area contributed by atoms with Crippen LogP contribution in [0.3, 0.4) is 0 Å². The number of hydrogen-bond acceptors (Lipinski definition) is 4. The molecule has 0 radical (unpaired) electrons. The van der Waals surface area contributed by atoms with Gasteiger partial charge in [0, 0.05) is 13.2 Å². The maximum absolute atomic E-state index is 11.4. The van der Waals surface area contributed by atoms with E-state index in [1.807, 2.05) is 25.8 Å². The van der Waals surface area contributed by atoms with Gasteiger partial charge in [-0.15, -0.1) is 0 Å². The van der Waals surface area contributed by atoms with Crippen LogP contribution in [0.5, 0.6) is 0 Å². The van der Waals surface area contributed by atoms with Crippen LogP contribution >= 0.6 is 0 Å². The number of hydrogen-bond donors (Lipinski definition) is 0. The van der Waals surface area contributed by atoms with Crippen molar-refractivity contribution in [3.8, 4) is 0 Å². The molecule has 4 nitrogen and oxygen atoms in total. The molecular formula is C12H23NO3. The second-order valence-corrected chi connectivity index (χ2v) is 4.72. The van der Waals surface area contributed by atoms with Crippen LogP contribution in [0.2, 0.25) is 0 Å². The summed E-state index contributed by atoms with van der Waals surface area (Å²) in [5.74, 6) is -0.159. The lowest BCUT2D eigenvalue weighted by atomic mass is 10.1. The van der Waals surface area contributed by atoms with Crippen molar-refractivity contribution in [2.45, 2.75) is 45.3 Å². The van der Waals surface area contributed by atoms with Gasteiger partial charge in [-0.25, -0.2) is 0 Å². The Morgan fingerprint density at radius 2 is 2.25 bits per heavy atom. The zero-order valence-electron chi connectivity index (χ0n) is 10.6. The average molecular weight is 229 g/mol. The molecule has 1 heterocycles. The van der Waals surface area contributed by atoms with Gasteiger partial charge in [0.1, 0.15) is 0 Å². The van der Waals surface area contributed by atoms with Gasteiger partial charge in [-0.2, -0.15) is 0 Å². The molecule has 1 saturated heterocycles. The van der Waals surface area contributed by atoms with Crippen LogP contribution in [-0.2, 0) is 14.3 Å². The Kier molecular flexibility index (Phi) is 5.77. The van der Waals surface area contributed by atoms with E-state index in [-0.39, 0.29) is 18.2 Å². The molecule has 0 amide bonds. The summed E-state index contributed by atoms with van der Waals surface area (Å²) in [6, 6.07) is 0. The van der Waals surface area contributed by atoms with Crippen LogP contribution in [0.1, 0.15) is 33.1 Å². The van der Waals surface area contributed by atoms with E-state index in [2.05, 4.69) is 0 Å². The van der Waals surface area contributed by atoms with Gasteiger partial charge in [-0.1, -0.05) is 0 Å². The number of likely N-dealkylation sites (N-methyl/N-ethyl adjacent to an activating group) is 1. The summed E-state index contributed by atoms with van der Waals surface area (Å²) in [4.78, 5) is 13.4. The third-order valence-electron chi connectivity index (χ3n) is 2.56. The Balaban J connectivity index is 2.18. The van der Waals surface area contributed by atoms with E-state index in [0.717, 1.165) is 26.0 Å². The molecule has 1 rings (SSSR count). The van der Waals surface area contributed by atoms with E-state index in [0.29, 0.717) is 6.54 Å². The fraction of sp³-hybridized carbons (Fsp3) is 0.917. The van der Waals surface area contributed by atoms with E-state index >= 15 is 0 Å². The first kappa shape index (κ1) is 13.5. The third-order valence-corrected chi connectivity index (χ3v) is 2.56. The van der Waals surface area contributed by atoms with E-state index in [1.165, 1.54) is 6.42 Å². The number of carbonyl (C=O) groups is 1. The first-order chi connectivity index (χ1) is 7.58. The summed E-state index contributed by atoms with van der Waals surface area (Å²) in [7, 11) is 1.93. The molecule has 0 N–H and O–H groups in total. The van der Waals surface area contributed by atoms with Gasteiger partial charge >= 0.3 is 5.97 Å². The Hall–Kier alpha value is -0.610. The fourth-order valence-corrected chi connectivity index (χ4v) is 1.88. The van der Waals surface area contributed by atoms with Crippen LogP contribution in [0.4, 0.5) is 0 Å². The maximum Gasteiger partial charge on any atom is 0.320 e. The predicted octanol–water partition coefficient (Wildman–Crippen LogP) is 1.44. The minimum Gasteiger partial charge on any atom is -0.462 e. The molecule has 0 aromatic rings. The molecule has 0 aromatic carbocycles. The van der Waals surface area contributed by atoms with Crippen molar-refractivity contribution in [2.75, 3.05) is 26.7 Å². The van der Waals surface area contributed by atoms with Crippen molar-refractivity contribution in [1.82, 2.24) is 4.90 Å². The molecule has 94 valence electrons. The number of carbonyl (C=O) groups excluding carboxylic acids is 1. The molecule has 0 saturated carbocycles. The van der Waals surface area contributed by atoms with E-state index in [4.69, 9.17) is 9.47 Å². The highest BCUT2D eigenvalue weighted by Gasteiger charge is 2.17. The third kappa shape index (κ3) is 5.47. The Bertz CT molecular complexity index is 212. The van der Waals surface area contributed by atoms with Gasteiger partial charge < -0.3 is 9.47 Å². The quantitative estimate of drug-likeness (QED) is 0.669. The summed E-state index contributed by atoms with van der Waals surface area (Å²) in [5.41, 5.74) is 0. The number of esters is 1. The smallest absolute Gasteiger partial charge is 0.320 e. The van der Waals surface area contributed by atoms with Gasteiger partial charge in [-0.3, -0.25) is 9.69 Å². The fourth-order valence-electron chi connectivity index (χ4n) is 1.88. The lowest BCUT2D eigenvalue weighted by Crippen LogP contribution is -2.37. The highest BCUT2D eigenvalue weighted by molar-refractivity contribution is 5.71. The summed E-state index contributed by atoms with van der Waals surface area (Å²) in [5, 5.41) is 0. The molecule has 1 fully saturated rings. The summed E-state index contributed by atoms with van der Waals surface area (Å²) < 4.78 is 10.7. The molecule has 0 bridgehead atoms. The van der Waals surface area contributed by atoms with Crippen molar-refractivity contribution >= 4 is 5.97 Å². The standard InChI is InChI=1S/C12H23NO3/c1-10(2)16-12(14)9-13(3)8-11-6-4-5-7-15-11/h10-11H,4-9H2,1-3H3. The second-order valence-electron chi connectivity index (χ2n) is 4.72. The largest absolute Gasteiger partial charge is 0.462 e. The van der Waals surface area contributed by atoms with E-state index in [9.17, 15) is 4.79 Å². The van der Waals surface area contributed by atoms with Crippen molar-refractivity contribution < 1.29 is 14.3 Å². The van der Waals surface area contributed by atoms with Gasteiger partial charge in [0.05, 0.1) is 18.8 Å². The molecule has 0 spiro atoms. The van der Waals surface area contributed by atoms with Crippen molar-refractivity contribution in [3.05, 3.63) is 0 Å². The first-order valence-electron chi connectivity index (χ1n) is 6.07. The minimum atomic E-state index is -0.159. The average Bonchev–Trinajstić information content (AvgIpc) is 2.17. The van der Waals surface area contributed by atoms with Gasteiger partial charge in [0.15, 0.2) is 0 Å². The van der Waals surface area contributed by atoms with Crippen molar-refractivity contribution in [2.24, 2.45) is 0 Å². The summed E-state index contributed by atoms with van der Waals surface area (Å²) in [6.45, 7) is 5.74. The second kappa shape index (κ2) is 6.86. The van der Waals surface area contributed by atoms with Crippen LogP contribution in [0.15, 0.2) is 0 Å². The molecular weight excluding hydrogens is 206 g/mol. The molecule has 0 aromatic heterocycles. The van der Waals surface area contributed by atoms with E-state index in [1.54, 1.807) is 0 Å². The highest BCUT2D eigenvalue weighted by atomic mass is 16.5. The number of ether oxygens (including phenoxy) is 2. The Morgan fingerprint density at radius 1 is 1.50 bits per heavy atom. The molecule has 4 heteroatoms. The first-order valence-corrected chi connectivity index (χ1v) is 6.07. The van der Waals surface area contributed by atoms with Crippen LogP contribution in [0, 0.1) is 0 Å². The zero-order chi connectivity index (χ0) is 12.0. The van der Waals surface area contributed by atoms with Crippen LogP contribution in [0.25, 0.3) is 0 Å². The molecule has 0 aliphatic carbocycles. The van der Waals surface area contributed by atoms with Crippen molar-refractivity contribution in [3.63, 3.8) is 0 Å². The highest BCUT2D eigenvalue weighted by Crippen LogP contribution is 2.13. The Labute approximate surface area is 97.9 Å². The molecule has 1 unspecified atom stereocenters. The van der Waals surface area contributed by atoms with Crippen LogP contribution < -0.4 is 0 Å². The Morgan fingerprint density at radius 3 is 2.81 bits per heavy atom. The predicted molar refractivity (Wildman–Crippen MR) is 62.3 cm³/mol. The lowest BCUT2D eigenvalue weighted by molar-refractivity contribution is -0.148. The maximum atomic E-state index is 11.4. The SMILES string of the molecule is CC(C)OC(=O)CN(C)CC1CCCCO1. The molecule has 1 atom stereocenters. The van der Waals surface area contributed by atoms with Crippen LogP contribution in [-0.4, -0.2) is 49.8 Å². The molecule has 1 aliphatic heterocycles. The molecule has 16 heavy (non-hydrogen) atoms. The zero-order valence-corrected chi connectivity index (χ0v) is 10.6. The topological polar surface area (TPSA) is 38.8 Å². The van der Waals surface area contributed by atoms with E-state index < -0.39 is 0 Å². The van der Waals surface area contributed by atoms with Gasteiger partial charge in [-0.05, 0) is 40.2 Å². The normalized spacial score (nSPS) is 21.4. The summed E-state index contributed by atoms with van der Waals surface area (Å²) >= 11 is 0. The monoisotopic (exact) mass is 229 g/mol. The minimum absolute atomic E-state index is 0.0353. The lowest BCUT2D eigenvalue weighted by Gasteiger charge is -2.27. The van der Waals surface area contributed by atoms with Gasteiger partial charge in [0.25, 0.3) is 0 Å². The summed E-state index contributed by atoms with van der Waals surface area (Å²) in [6.07, 6.45) is 3.74. The molecule has 1 aliphatic rings. The number of rotatable bonds is 5. The number of nitrogens with zero attached hydrogens (tertiary/aromatic N) is 1.